The first-order valence-electron chi connectivity index (χ1n) is 8.54. The van der Waals surface area contributed by atoms with Crippen LogP contribution in [-0.4, -0.2) is 33.5 Å². The maximum Gasteiger partial charge on any atom is 0.271 e. The summed E-state index contributed by atoms with van der Waals surface area (Å²) in [6, 6.07) is 11.0. The van der Waals surface area contributed by atoms with Crippen molar-refractivity contribution in [3.8, 4) is 17.2 Å². The molecule has 0 spiro atoms. The van der Waals surface area contributed by atoms with E-state index in [-0.39, 0.29) is 11.3 Å². The monoisotopic (exact) mass is 370 g/mol. The van der Waals surface area contributed by atoms with Crippen LogP contribution in [0.15, 0.2) is 41.5 Å². The summed E-state index contributed by atoms with van der Waals surface area (Å²) >= 11 is 0. The number of nitrogens with one attached hydrogen (secondary N) is 1. The van der Waals surface area contributed by atoms with Crippen LogP contribution in [0.4, 0.5) is 0 Å². The number of carbonyl (C=O) groups is 1. The molecule has 0 bridgehead atoms. The molecule has 6 nitrogen and oxygen atoms in total. The summed E-state index contributed by atoms with van der Waals surface area (Å²) in [6.07, 6.45) is 1.50. The van der Waals surface area contributed by atoms with Gasteiger partial charge in [-0.2, -0.15) is 5.10 Å². The van der Waals surface area contributed by atoms with Crippen LogP contribution in [-0.2, 0) is 5.41 Å². The number of nitrogens with zero attached hydrogens (tertiary/aromatic N) is 1. The molecule has 1 N–H and O–H groups in total. The first kappa shape index (κ1) is 20.3. The maximum atomic E-state index is 12.3. The van der Waals surface area contributed by atoms with Gasteiger partial charge >= 0.3 is 0 Å². The summed E-state index contributed by atoms with van der Waals surface area (Å²) in [5, 5.41) is 4.03. The molecular weight excluding hydrogens is 344 g/mol. The highest BCUT2D eigenvalue weighted by Gasteiger charge is 2.15. The Balaban J connectivity index is 2.14. The van der Waals surface area contributed by atoms with Gasteiger partial charge < -0.3 is 14.2 Å². The van der Waals surface area contributed by atoms with Crippen LogP contribution < -0.4 is 19.6 Å². The number of hydrogen-bond acceptors (Lipinski definition) is 5. The average molecular weight is 370 g/mol. The van der Waals surface area contributed by atoms with Gasteiger partial charge in [-0.05, 0) is 35.2 Å². The quantitative estimate of drug-likeness (QED) is 0.621. The summed E-state index contributed by atoms with van der Waals surface area (Å²) in [7, 11) is 4.62. The van der Waals surface area contributed by atoms with Crippen molar-refractivity contribution in [2.45, 2.75) is 26.2 Å². The van der Waals surface area contributed by atoms with Gasteiger partial charge in [-0.25, -0.2) is 5.43 Å². The lowest BCUT2D eigenvalue weighted by molar-refractivity contribution is 0.0955. The largest absolute Gasteiger partial charge is 0.493 e. The molecule has 0 radical (unpaired) electrons. The SMILES string of the molecule is COc1ccc(/C=N\NC(=O)c2ccc(C(C)(C)C)cc2)c(OC)c1OC. The van der Waals surface area contributed by atoms with E-state index in [0.29, 0.717) is 28.4 Å². The van der Waals surface area contributed by atoms with E-state index in [1.54, 1.807) is 31.4 Å². The molecule has 2 aromatic carbocycles. The standard InChI is InChI=1S/C21H26N2O4/c1-21(2,3)16-10-7-14(8-11-16)20(24)23-22-13-15-9-12-17(25-4)19(27-6)18(15)26-5/h7-13H,1-6H3,(H,23,24)/b22-13-. The van der Waals surface area contributed by atoms with Crippen LogP contribution in [0.5, 0.6) is 17.2 Å². The Morgan fingerprint density at radius 1 is 0.926 bits per heavy atom. The van der Waals surface area contributed by atoms with Crippen molar-refractivity contribution in [3.63, 3.8) is 0 Å². The Bertz CT molecular complexity index is 821. The fourth-order valence-electron chi connectivity index (χ4n) is 2.57. The molecule has 0 aliphatic carbocycles. The summed E-state index contributed by atoms with van der Waals surface area (Å²) in [5.41, 5.74) is 4.92. The molecule has 0 saturated carbocycles. The highest BCUT2D eigenvalue weighted by molar-refractivity contribution is 5.95. The van der Waals surface area contributed by atoms with Crippen LogP contribution in [0.3, 0.4) is 0 Å². The van der Waals surface area contributed by atoms with E-state index in [1.165, 1.54) is 20.4 Å². The molecule has 2 rings (SSSR count). The number of ether oxygens (including phenoxy) is 3. The lowest BCUT2D eigenvalue weighted by atomic mass is 9.87. The van der Waals surface area contributed by atoms with Gasteiger partial charge in [0.2, 0.25) is 5.75 Å². The van der Waals surface area contributed by atoms with E-state index < -0.39 is 0 Å². The summed E-state index contributed by atoms with van der Waals surface area (Å²) in [6.45, 7) is 6.38. The fourth-order valence-corrected chi connectivity index (χ4v) is 2.57. The van der Waals surface area contributed by atoms with Crippen molar-refractivity contribution in [1.82, 2.24) is 5.43 Å². The van der Waals surface area contributed by atoms with Gasteiger partial charge in [-0.15, -0.1) is 0 Å². The van der Waals surface area contributed by atoms with Gasteiger partial charge in [-0.1, -0.05) is 32.9 Å². The molecule has 1 amide bonds. The molecule has 6 heteroatoms. The molecule has 0 atom stereocenters. The van der Waals surface area contributed by atoms with Crippen molar-refractivity contribution in [3.05, 3.63) is 53.1 Å². The van der Waals surface area contributed by atoms with E-state index in [2.05, 4.69) is 31.3 Å². The van der Waals surface area contributed by atoms with E-state index in [0.717, 1.165) is 5.56 Å². The Labute approximate surface area is 160 Å². The zero-order valence-electron chi connectivity index (χ0n) is 16.6. The van der Waals surface area contributed by atoms with Crippen LogP contribution in [0.1, 0.15) is 42.3 Å². The molecule has 144 valence electrons. The first-order valence-corrected chi connectivity index (χ1v) is 8.54. The van der Waals surface area contributed by atoms with E-state index in [4.69, 9.17) is 14.2 Å². The van der Waals surface area contributed by atoms with E-state index in [9.17, 15) is 4.79 Å². The predicted octanol–water partition coefficient (Wildman–Crippen LogP) is 3.77. The number of benzene rings is 2. The molecule has 27 heavy (non-hydrogen) atoms. The lowest BCUT2D eigenvalue weighted by Crippen LogP contribution is -2.18. The maximum absolute atomic E-state index is 12.3. The number of rotatable bonds is 6. The third-order valence-corrected chi connectivity index (χ3v) is 4.12. The molecule has 2 aromatic rings. The van der Waals surface area contributed by atoms with Gasteiger partial charge in [0.1, 0.15) is 0 Å². The fraction of sp³-hybridized carbons (Fsp3) is 0.333. The van der Waals surface area contributed by atoms with Crippen LogP contribution in [0.25, 0.3) is 0 Å². The minimum absolute atomic E-state index is 0.0388. The van der Waals surface area contributed by atoms with Gasteiger partial charge in [0.25, 0.3) is 5.91 Å². The highest BCUT2D eigenvalue weighted by Crippen LogP contribution is 2.38. The lowest BCUT2D eigenvalue weighted by Gasteiger charge is -2.18. The molecule has 0 saturated heterocycles. The van der Waals surface area contributed by atoms with E-state index in [1.807, 2.05) is 12.1 Å². The van der Waals surface area contributed by atoms with Crippen LogP contribution in [0.2, 0.25) is 0 Å². The second-order valence-electron chi connectivity index (χ2n) is 6.95. The Hall–Kier alpha value is -3.02. The normalized spacial score (nSPS) is 11.3. The van der Waals surface area contributed by atoms with E-state index >= 15 is 0 Å². The molecule has 0 fully saturated rings. The topological polar surface area (TPSA) is 69.2 Å². The van der Waals surface area contributed by atoms with Gasteiger partial charge in [-0.3, -0.25) is 4.79 Å². The second kappa shape index (κ2) is 8.58. The van der Waals surface area contributed by atoms with Crippen molar-refractivity contribution < 1.29 is 19.0 Å². The van der Waals surface area contributed by atoms with Gasteiger partial charge in [0.15, 0.2) is 11.5 Å². The summed E-state index contributed by atoms with van der Waals surface area (Å²) < 4.78 is 16.0. The molecule has 0 unspecified atom stereocenters. The van der Waals surface area contributed by atoms with Crippen LogP contribution >= 0.6 is 0 Å². The average Bonchev–Trinajstić information content (AvgIpc) is 2.66. The molecule has 0 aliphatic heterocycles. The Morgan fingerprint density at radius 3 is 2.07 bits per heavy atom. The number of amides is 1. The predicted molar refractivity (Wildman–Crippen MR) is 106 cm³/mol. The summed E-state index contributed by atoms with van der Waals surface area (Å²) in [4.78, 5) is 12.3. The minimum Gasteiger partial charge on any atom is -0.493 e. The zero-order chi connectivity index (χ0) is 20.0. The molecule has 0 aliphatic rings. The minimum atomic E-state index is -0.286. The third-order valence-electron chi connectivity index (χ3n) is 4.12. The van der Waals surface area contributed by atoms with Crippen molar-refractivity contribution in [2.24, 2.45) is 5.10 Å². The van der Waals surface area contributed by atoms with Crippen molar-refractivity contribution >= 4 is 12.1 Å². The third kappa shape index (κ3) is 4.78. The summed E-state index contributed by atoms with van der Waals surface area (Å²) in [5.74, 6) is 1.21. The Morgan fingerprint density at radius 2 is 1.56 bits per heavy atom. The van der Waals surface area contributed by atoms with Crippen molar-refractivity contribution in [2.75, 3.05) is 21.3 Å². The number of hydrazone groups is 1. The smallest absolute Gasteiger partial charge is 0.271 e. The number of carbonyl (C=O) groups excluding carboxylic acids is 1. The number of hydrogen-bond donors (Lipinski definition) is 1. The Kier molecular flexibility index (Phi) is 6.45. The van der Waals surface area contributed by atoms with Crippen molar-refractivity contribution in [1.29, 1.82) is 0 Å². The highest BCUT2D eigenvalue weighted by atomic mass is 16.5. The first-order chi connectivity index (χ1) is 12.8. The molecule has 0 heterocycles. The zero-order valence-corrected chi connectivity index (χ0v) is 16.6. The van der Waals surface area contributed by atoms with Gasteiger partial charge in [0, 0.05) is 11.1 Å². The number of methoxy groups -OCH3 is 3. The van der Waals surface area contributed by atoms with Gasteiger partial charge in [0.05, 0.1) is 27.5 Å². The van der Waals surface area contributed by atoms with Crippen LogP contribution in [0, 0.1) is 0 Å². The molecule has 0 aromatic heterocycles. The second-order valence-corrected chi connectivity index (χ2v) is 6.95. The molecular formula is C21H26N2O4.